The smallest absolute Gasteiger partial charge is 0.126 e. The molecule has 20 heavy (non-hydrogen) atoms. The van der Waals surface area contributed by atoms with Gasteiger partial charge in [0.1, 0.15) is 5.75 Å². The summed E-state index contributed by atoms with van der Waals surface area (Å²) in [6.07, 6.45) is 6.46. The van der Waals surface area contributed by atoms with Gasteiger partial charge in [-0.3, -0.25) is 0 Å². The topological polar surface area (TPSA) is 18.5 Å². The van der Waals surface area contributed by atoms with Crippen molar-refractivity contribution in [2.24, 2.45) is 0 Å². The highest BCUT2D eigenvalue weighted by atomic mass is 16.5. The van der Waals surface area contributed by atoms with E-state index in [1.54, 1.807) is 7.11 Å². The molecule has 2 nitrogen and oxygen atoms in total. The van der Waals surface area contributed by atoms with Gasteiger partial charge in [0.25, 0.3) is 0 Å². The Hall–Kier alpha value is -1.80. The number of hydrogen-bond acceptors (Lipinski definition) is 2. The summed E-state index contributed by atoms with van der Waals surface area (Å²) in [6, 6.07) is 12.8. The van der Waals surface area contributed by atoms with Gasteiger partial charge in [0, 0.05) is 5.39 Å². The standard InChI is InChI=1S/C18H18O2/c1-19-18-9-8-15(16-4-2-3-5-17(16)18)12-10-13-6-7-14(11-12)20-13/h2-5,8-10,13-14H,6-7,11H2,1H3. The second-order valence-electron chi connectivity index (χ2n) is 5.63. The van der Waals surface area contributed by atoms with Gasteiger partial charge in [-0.15, -0.1) is 0 Å². The van der Waals surface area contributed by atoms with Gasteiger partial charge in [0.15, 0.2) is 0 Å². The Bertz CT molecular complexity index is 687. The number of ether oxygens (including phenoxy) is 2. The second kappa shape index (κ2) is 4.64. The molecule has 1 fully saturated rings. The highest BCUT2D eigenvalue weighted by Gasteiger charge is 2.30. The van der Waals surface area contributed by atoms with E-state index in [2.05, 4.69) is 42.5 Å². The van der Waals surface area contributed by atoms with E-state index in [0.717, 1.165) is 12.2 Å². The van der Waals surface area contributed by atoms with Crippen molar-refractivity contribution in [3.05, 3.63) is 48.0 Å². The molecule has 2 aliphatic rings. The maximum absolute atomic E-state index is 5.90. The van der Waals surface area contributed by atoms with Crippen LogP contribution in [0.1, 0.15) is 24.8 Å². The third-order valence-electron chi connectivity index (χ3n) is 4.42. The van der Waals surface area contributed by atoms with E-state index < -0.39 is 0 Å². The predicted molar refractivity (Wildman–Crippen MR) is 81.0 cm³/mol. The van der Waals surface area contributed by atoms with Crippen molar-refractivity contribution >= 4 is 16.3 Å². The van der Waals surface area contributed by atoms with Gasteiger partial charge < -0.3 is 9.47 Å². The number of hydrogen-bond donors (Lipinski definition) is 0. The van der Waals surface area contributed by atoms with E-state index in [-0.39, 0.29) is 0 Å². The summed E-state index contributed by atoms with van der Waals surface area (Å²) in [5.74, 6) is 0.944. The highest BCUT2D eigenvalue weighted by molar-refractivity contribution is 5.97. The maximum Gasteiger partial charge on any atom is 0.126 e. The van der Waals surface area contributed by atoms with Gasteiger partial charge in [0.05, 0.1) is 19.3 Å². The Balaban J connectivity index is 1.88. The van der Waals surface area contributed by atoms with Crippen LogP contribution in [0.3, 0.4) is 0 Å². The van der Waals surface area contributed by atoms with Gasteiger partial charge >= 0.3 is 0 Å². The largest absolute Gasteiger partial charge is 0.496 e. The molecule has 0 spiro atoms. The summed E-state index contributed by atoms with van der Waals surface area (Å²) in [7, 11) is 1.73. The minimum atomic E-state index is 0.324. The summed E-state index contributed by atoms with van der Waals surface area (Å²) in [6.45, 7) is 0. The SMILES string of the molecule is COc1ccc(C2=CC3CCC(C2)O3)c2ccccc12. The molecule has 4 rings (SSSR count). The quantitative estimate of drug-likeness (QED) is 0.811. The molecule has 0 amide bonds. The van der Waals surface area contributed by atoms with E-state index in [0.29, 0.717) is 12.2 Å². The van der Waals surface area contributed by atoms with Crippen molar-refractivity contribution in [3.8, 4) is 5.75 Å². The Morgan fingerprint density at radius 1 is 1.05 bits per heavy atom. The molecule has 0 aliphatic carbocycles. The van der Waals surface area contributed by atoms with Crippen LogP contribution in [-0.4, -0.2) is 19.3 Å². The molecule has 0 saturated carbocycles. The molecule has 2 bridgehead atoms. The Morgan fingerprint density at radius 2 is 1.90 bits per heavy atom. The zero-order chi connectivity index (χ0) is 13.5. The molecule has 2 aliphatic heterocycles. The third kappa shape index (κ3) is 1.83. The van der Waals surface area contributed by atoms with Crippen LogP contribution in [0.25, 0.3) is 16.3 Å². The van der Waals surface area contributed by atoms with E-state index in [1.165, 1.54) is 34.8 Å². The average molecular weight is 266 g/mol. The minimum absolute atomic E-state index is 0.324. The van der Waals surface area contributed by atoms with Crippen LogP contribution in [0.2, 0.25) is 0 Å². The van der Waals surface area contributed by atoms with Crippen molar-refractivity contribution in [3.63, 3.8) is 0 Å². The zero-order valence-electron chi connectivity index (χ0n) is 11.6. The number of benzene rings is 2. The Kier molecular flexibility index (Phi) is 2.78. The first-order valence-electron chi connectivity index (χ1n) is 7.27. The minimum Gasteiger partial charge on any atom is -0.496 e. The second-order valence-corrected chi connectivity index (χ2v) is 5.63. The lowest BCUT2D eigenvalue weighted by Crippen LogP contribution is -2.15. The Labute approximate surface area is 119 Å². The van der Waals surface area contributed by atoms with Crippen LogP contribution in [0.4, 0.5) is 0 Å². The zero-order valence-corrected chi connectivity index (χ0v) is 11.6. The molecule has 0 radical (unpaired) electrons. The van der Waals surface area contributed by atoms with Crippen LogP contribution in [0, 0.1) is 0 Å². The predicted octanol–water partition coefficient (Wildman–Crippen LogP) is 4.18. The van der Waals surface area contributed by atoms with Gasteiger partial charge in [0.2, 0.25) is 0 Å². The van der Waals surface area contributed by atoms with Crippen LogP contribution in [0.15, 0.2) is 42.5 Å². The first kappa shape index (κ1) is 12.0. The first-order valence-corrected chi connectivity index (χ1v) is 7.27. The van der Waals surface area contributed by atoms with Gasteiger partial charge in [-0.05, 0) is 41.9 Å². The summed E-state index contributed by atoms with van der Waals surface area (Å²) in [5.41, 5.74) is 2.77. The fourth-order valence-corrected chi connectivity index (χ4v) is 3.47. The van der Waals surface area contributed by atoms with Gasteiger partial charge in [-0.25, -0.2) is 0 Å². The Morgan fingerprint density at radius 3 is 2.70 bits per heavy atom. The van der Waals surface area contributed by atoms with Crippen molar-refractivity contribution in [1.82, 2.24) is 0 Å². The lowest BCUT2D eigenvalue weighted by atomic mass is 9.93. The monoisotopic (exact) mass is 266 g/mol. The van der Waals surface area contributed by atoms with Crippen LogP contribution in [0.5, 0.6) is 5.75 Å². The van der Waals surface area contributed by atoms with Crippen molar-refractivity contribution in [2.75, 3.05) is 7.11 Å². The van der Waals surface area contributed by atoms with Crippen molar-refractivity contribution in [1.29, 1.82) is 0 Å². The molecular formula is C18H18O2. The van der Waals surface area contributed by atoms with E-state index in [9.17, 15) is 0 Å². The van der Waals surface area contributed by atoms with E-state index >= 15 is 0 Å². The molecule has 2 heteroatoms. The maximum atomic E-state index is 5.90. The van der Waals surface area contributed by atoms with E-state index in [4.69, 9.17) is 9.47 Å². The first-order chi connectivity index (χ1) is 9.85. The van der Waals surface area contributed by atoms with Crippen molar-refractivity contribution < 1.29 is 9.47 Å². The van der Waals surface area contributed by atoms with Gasteiger partial charge in [-0.1, -0.05) is 36.4 Å². The summed E-state index contributed by atoms with van der Waals surface area (Å²) >= 11 is 0. The molecule has 2 unspecified atom stereocenters. The molecule has 2 atom stereocenters. The van der Waals surface area contributed by atoms with Crippen molar-refractivity contribution in [2.45, 2.75) is 31.5 Å². The lowest BCUT2D eigenvalue weighted by molar-refractivity contribution is 0.0672. The highest BCUT2D eigenvalue weighted by Crippen LogP contribution is 2.39. The summed E-state index contributed by atoms with van der Waals surface area (Å²) in [4.78, 5) is 0. The van der Waals surface area contributed by atoms with Crippen LogP contribution >= 0.6 is 0 Å². The fraction of sp³-hybridized carbons (Fsp3) is 0.333. The molecule has 102 valence electrons. The van der Waals surface area contributed by atoms with Crippen LogP contribution < -0.4 is 4.74 Å². The summed E-state index contributed by atoms with van der Waals surface area (Å²) in [5, 5.41) is 2.46. The molecule has 2 aromatic rings. The van der Waals surface area contributed by atoms with E-state index in [1.807, 2.05) is 0 Å². The number of rotatable bonds is 2. The van der Waals surface area contributed by atoms with Crippen LogP contribution in [-0.2, 0) is 4.74 Å². The number of methoxy groups -OCH3 is 1. The third-order valence-corrected chi connectivity index (χ3v) is 4.42. The normalized spacial score (nSPS) is 24.8. The summed E-state index contributed by atoms with van der Waals surface area (Å²) < 4.78 is 11.4. The molecular weight excluding hydrogens is 248 g/mol. The molecule has 1 saturated heterocycles. The molecule has 0 aromatic heterocycles. The fourth-order valence-electron chi connectivity index (χ4n) is 3.47. The molecule has 0 N–H and O–H groups in total. The lowest BCUT2D eigenvalue weighted by Gasteiger charge is -2.22. The number of fused-ring (bicyclic) bond motifs is 3. The molecule has 2 aromatic carbocycles. The van der Waals surface area contributed by atoms with Gasteiger partial charge in [-0.2, -0.15) is 0 Å². The average Bonchev–Trinajstić information content (AvgIpc) is 2.84. The molecule has 2 heterocycles.